The Morgan fingerprint density at radius 1 is 1.16 bits per heavy atom. The van der Waals surface area contributed by atoms with Gasteiger partial charge < -0.3 is 5.32 Å². The number of nitrogens with one attached hydrogen (secondary N) is 1. The fourth-order valence-electron chi connectivity index (χ4n) is 1.88. The summed E-state index contributed by atoms with van der Waals surface area (Å²) in [6, 6.07) is 7.40. The van der Waals surface area contributed by atoms with Gasteiger partial charge in [0.1, 0.15) is 0 Å². The summed E-state index contributed by atoms with van der Waals surface area (Å²) in [6.45, 7) is 3.02. The SMILES string of the molecule is CCCNC(c1cc(Cl)ccc1Cl)c1sccc1Cl. The quantitative estimate of drug-likeness (QED) is 0.729. The zero-order chi connectivity index (χ0) is 13.8. The molecule has 0 spiro atoms. The van der Waals surface area contributed by atoms with Gasteiger partial charge in [-0.1, -0.05) is 41.7 Å². The molecule has 1 aromatic carbocycles. The van der Waals surface area contributed by atoms with Crippen molar-refractivity contribution in [2.75, 3.05) is 6.54 Å². The lowest BCUT2D eigenvalue weighted by atomic mass is 10.0. The Morgan fingerprint density at radius 2 is 1.95 bits per heavy atom. The van der Waals surface area contributed by atoms with Crippen molar-refractivity contribution >= 4 is 46.1 Å². The number of thiophene rings is 1. The van der Waals surface area contributed by atoms with Crippen LogP contribution in [0, 0.1) is 0 Å². The third kappa shape index (κ3) is 3.65. The smallest absolute Gasteiger partial charge is 0.0701 e. The van der Waals surface area contributed by atoms with E-state index in [1.165, 1.54) is 0 Å². The molecule has 1 N–H and O–H groups in total. The fourth-order valence-corrected chi connectivity index (χ4v) is 3.55. The Labute approximate surface area is 132 Å². The second-order valence-corrected chi connectivity index (χ2v) is 6.38. The van der Waals surface area contributed by atoms with E-state index in [4.69, 9.17) is 34.8 Å². The summed E-state index contributed by atoms with van der Waals surface area (Å²) in [6.07, 6.45) is 1.04. The lowest BCUT2D eigenvalue weighted by Gasteiger charge is -2.20. The molecule has 0 aliphatic carbocycles. The molecule has 0 saturated heterocycles. The van der Waals surface area contributed by atoms with E-state index >= 15 is 0 Å². The van der Waals surface area contributed by atoms with Gasteiger partial charge in [-0.05, 0) is 48.2 Å². The predicted molar refractivity (Wildman–Crippen MR) is 85.9 cm³/mol. The van der Waals surface area contributed by atoms with Crippen LogP contribution in [0.1, 0.15) is 29.8 Å². The van der Waals surface area contributed by atoms with Gasteiger partial charge in [0.05, 0.1) is 11.1 Å². The van der Waals surface area contributed by atoms with Crippen LogP contribution < -0.4 is 5.32 Å². The predicted octanol–water partition coefficient (Wildman–Crippen LogP) is 5.80. The maximum Gasteiger partial charge on any atom is 0.0701 e. The van der Waals surface area contributed by atoms with Gasteiger partial charge in [0.2, 0.25) is 0 Å². The van der Waals surface area contributed by atoms with Crippen LogP contribution in [0.15, 0.2) is 29.6 Å². The van der Waals surface area contributed by atoms with E-state index in [9.17, 15) is 0 Å². The molecule has 0 fully saturated rings. The van der Waals surface area contributed by atoms with Crippen molar-refractivity contribution < 1.29 is 0 Å². The normalized spacial score (nSPS) is 12.6. The molecule has 1 heterocycles. The van der Waals surface area contributed by atoms with E-state index < -0.39 is 0 Å². The molecule has 0 saturated carbocycles. The van der Waals surface area contributed by atoms with Gasteiger partial charge in [0, 0.05) is 14.9 Å². The van der Waals surface area contributed by atoms with Crippen molar-refractivity contribution in [2.45, 2.75) is 19.4 Å². The van der Waals surface area contributed by atoms with Crippen LogP contribution in [-0.4, -0.2) is 6.54 Å². The molecular formula is C14H14Cl3NS. The molecule has 0 bridgehead atoms. The van der Waals surface area contributed by atoms with Crippen molar-refractivity contribution in [1.29, 1.82) is 0 Å². The van der Waals surface area contributed by atoms with E-state index in [1.54, 1.807) is 17.4 Å². The average Bonchev–Trinajstić information content (AvgIpc) is 2.80. The molecular weight excluding hydrogens is 321 g/mol. The molecule has 5 heteroatoms. The third-order valence-corrected chi connectivity index (χ3v) is 4.78. The average molecular weight is 335 g/mol. The summed E-state index contributed by atoms with van der Waals surface area (Å²) >= 11 is 20.3. The van der Waals surface area contributed by atoms with E-state index in [0.717, 1.165) is 28.4 Å². The summed E-state index contributed by atoms with van der Waals surface area (Å²) in [5.74, 6) is 0. The highest BCUT2D eigenvalue weighted by molar-refractivity contribution is 7.10. The van der Waals surface area contributed by atoms with Gasteiger partial charge in [-0.25, -0.2) is 0 Å². The van der Waals surface area contributed by atoms with Crippen LogP contribution in [0.2, 0.25) is 15.1 Å². The molecule has 0 radical (unpaired) electrons. The van der Waals surface area contributed by atoms with Gasteiger partial charge in [0.15, 0.2) is 0 Å². The second kappa shape index (κ2) is 6.96. The Bertz CT molecular complexity index is 553. The molecule has 0 amide bonds. The fraction of sp³-hybridized carbons (Fsp3) is 0.286. The molecule has 1 aromatic heterocycles. The third-order valence-electron chi connectivity index (χ3n) is 2.77. The second-order valence-electron chi connectivity index (χ2n) is 4.19. The van der Waals surface area contributed by atoms with Crippen LogP contribution in [0.25, 0.3) is 0 Å². The van der Waals surface area contributed by atoms with Gasteiger partial charge in [-0.15, -0.1) is 11.3 Å². The maximum absolute atomic E-state index is 6.30. The Balaban J connectivity index is 2.42. The van der Waals surface area contributed by atoms with Gasteiger partial charge in [-0.2, -0.15) is 0 Å². The Morgan fingerprint density at radius 3 is 2.58 bits per heavy atom. The molecule has 102 valence electrons. The van der Waals surface area contributed by atoms with Gasteiger partial charge in [-0.3, -0.25) is 0 Å². The van der Waals surface area contributed by atoms with E-state index in [0.29, 0.717) is 10.0 Å². The summed E-state index contributed by atoms with van der Waals surface area (Å²) in [7, 11) is 0. The highest BCUT2D eigenvalue weighted by Crippen LogP contribution is 2.36. The van der Waals surface area contributed by atoms with E-state index in [2.05, 4.69) is 12.2 Å². The summed E-state index contributed by atoms with van der Waals surface area (Å²) in [4.78, 5) is 1.07. The Hall–Kier alpha value is -0.250. The van der Waals surface area contributed by atoms with Crippen molar-refractivity contribution in [2.24, 2.45) is 0 Å². The minimum Gasteiger partial charge on any atom is -0.306 e. The van der Waals surface area contributed by atoms with Crippen LogP contribution in [-0.2, 0) is 0 Å². The first-order valence-corrected chi connectivity index (χ1v) is 8.06. The van der Waals surface area contributed by atoms with E-state index in [-0.39, 0.29) is 6.04 Å². The summed E-state index contributed by atoms with van der Waals surface area (Å²) in [5.41, 5.74) is 0.965. The molecule has 2 rings (SSSR count). The largest absolute Gasteiger partial charge is 0.306 e. The highest BCUT2D eigenvalue weighted by Gasteiger charge is 2.20. The summed E-state index contributed by atoms with van der Waals surface area (Å²) < 4.78 is 0. The maximum atomic E-state index is 6.30. The van der Waals surface area contributed by atoms with Crippen molar-refractivity contribution in [1.82, 2.24) is 5.32 Å². The number of rotatable bonds is 5. The first-order valence-electron chi connectivity index (χ1n) is 6.04. The monoisotopic (exact) mass is 333 g/mol. The topological polar surface area (TPSA) is 12.0 Å². The minimum absolute atomic E-state index is 0.0151. The lowest BCUT2D eigenvalue weighted by Crippen LogP contribution is -2.23. The molecule has 1 atom stereocenters. The highest BCUT2D eigenvalue weighted by atomic mass is 35.5. The molecule has 2 aromatic rings. The van der Waals surface area contributed by atoms with E-state index in [1.807, 2.05) is 23.6 Å². The molecule has 0 aliphatic rings. The minimum atomic E-state index is -0.0151. The first-order chi connectivity index (χ1) is 9.13. The van der Waals surface area contributed by atoms with Crippen molar-refractivity contribution in [3.8, 4) is 0 Å². The number of hydrogen-bond acceptors (Lipinski definition) is 2. The standard InChI is InChI=1S/C14H14Cl3NS/c1-2-6-18-13(14-12(17)5-7-19-14)10-8-9(15)3-4-11(10)16/h3-5,7-8,13,18H,2,6H2,1H3. The Kier molecular flexibility index (Phi) is 5.55. The number of hydrogen-bond donors (Lipinski definition) is 1. The van der Waals surface area contributed by atoms with Gasteiger partial charge in [0.25, 0.3) is 0 Å². The lowest BCUT2D eigenvalue weighted by molar-refractivity contribution is 0.606. The molecule has 19 heavy (non-hydrogen) atoms. The van der Waals surface area contributed by atoms with Crippen LogP contribution in [0.5, 0.6) is 0 Å². The van der Waals surface area contributed by atoms with Crippen molar-refractivity contribution in [3.63, 3.8) is 0 Å². The number of benzene rings is 1. The first kappa shape index (κ1) is 15.1. The van der Waals surface area contributed by atoms with Crippen molar-refractivity contribution in [3.05, 3.63) is 55.2 Å². The summed E-state index contributed by atoms with van der Waals surface area (Å²) in [5, 5.41) is 7.59. The zero-order valence-electron chi connectivity index (χ0n) is 10.4. The van der Waals surface area contributed by atoms with Crippen LogP contribution in [0.3, 0.4) is 0 Å². The zero-order valence-corrected chi connectivity index (χ0v) is 13.5. The van der Waals surface area contributed by atoms with Crippen LogP contribution >= 0.6 is 46.1 Å². The molecule has 0 aliphatic heterocycles. The molecule has 1 unspecified atom stereocenters. The number of halogens is 3. The molecule has 1 nitrogen and oxygen atoms in total. The van der Waals surface area contributed by atoms with Gasteiger partial charge >= 0.3 is 0 Å². The van der Waals surface area contributed by atoms with Crippen LogP contribution in [0.4, 0.5) is 0 Å².